The lowest BCUT2D eigenvalue weighted by Gasteiger charge is -2.08. The Morgan fingerprint density at radius 3 is 2.65 bits per heavy atom. The van der Waals surface area contributed by atoms with Crippen LogP contribution in [0.4, 0.5) is 5.69 Å². The Labute approximate surface area is 148 Å². The van der Waals surface area contributed by atoms with Crippen LogP contribution in [0.25, 0.3) is 11.0 Å². The maximum Gasteiger partial charge on any atom is 0.332 e. The molecule has 1 amide bonds. The maximum absolute atomic E-state index is 12.7. The van der Waals surface area contributed by atoms with E-state index in [9.17, 15) is 9.59 Å². The van der Waals surface area contributed by atoms with Crippen LogP contribution in [0.15, 0.2) is 64.2 Å². The second-order valence-corrected chi connectivity index (χ2v) is 5.36. The molecule has 0 atom stereocenters. The van der Waals surface area contributed by atoms with Gasteiger partial charge in [-0.2, -0.15) is 0 Å². The van der Waals surface area contributed by atoms with Crippen molar-refractivity contribution in [3.8, 4) is 5.75 Å². The van der Waals surface area contributed by atoms with E-state index in [1.54, 1.807) is 55.6 Å². The first kappa shape index (κ1) is 17.2. The Hall–Kier alpha value is -3.61. The molecule has 1 aromatic heterocycles. The smallest absolute Gasteiger partial charge is 0.332 e. The highest BCUT2D eigenvalue weighted by Crippen LogP contribution is 2.18. The molecule has 0 saturated heterocycles. The molecule has 0 spiro atoms. The number of benzene rings is 2. The molecule has 0 radical (unpaired) electrons. The number of hydrogen-bond donors (Lipinski definition) is 1. The van der Waals surface area contributed by atoms with Gasteiger partial charge in [0, 0.05) is 24.1 Å². The first-order chi connectivity index (χ1) is 12.6. The van der Waals surface area contributed by atoms with E-state index < -0.39 is 11.9 Å². The number of ether oxygens (including phenoxy) is 1. The summed E-state index contributed by atoms with van der Waals surface area (Å²) in [5, 5.41) is 7.11. The topological polar surface area (TPSA) is 90.1 Å². The van der Waals surface area contributed by atoms with Crippen LogP contribution >= 0.6 is 0 Å². The molecule has 0 saturated carbocycles. The first-order valence-electron chi connectivity index (χ1n) is 7.77. The lowest BCUT2D eigenvalue weighted by Crippen LogP contribution is -2.22. The summed E-state index contributed by atoms with van der Waals surface area (Å²) in [6, 6.07) is 15.7. The molecule has 7 nitrogen and oxygen atoms in total. The Morgan fingerprint density at radius 2 is 1.88 bits per heavy atom. The van der Waals surface area contributed by atoms with Crippen molar-refractivity contribution in [3.63, 3.8) is 0 Å². The number of amides is 1. The summed E-state index contributed by atoms with van der Waals surface area (Å²) in [4.78, 5) is 28.4. The average Bonchev–Trinajstić information content (AvgIpc) is 2.65. The number of nitrogens with zero attached hydrogens (tertiary/aromatic N) is 1. The zero-order valence-electron chi connectivity index (χ0n) is 14.2. The highest BCUT2D eigenvalue weighted by atomic mass is 16.7. The van der Waals surface area contributed by atoms with Crippen LogP contribution in [0.2, 0.25) is 0 Å². The molecule has 3 rings (SSSR count). The monoisotopic (exact) mass is 352 g/mol. The van der Waals surface area contributed by atoms with E-state index in [-0.39, 0.29) is 11.1 Å². The number of rotatable bonds is 4. The van der Waals surface area contributed by atoms with Gasteiger partial charge in [-0.05, 0) is 29.4 Å². The van der Waals surface area contributed by atoms with Crippen molar-refractivity contribution in [1.82, 2.24) is 0 Å². The van der Waals surface area contributed by atoms with Crippen molar-refractivity contribution < 1.29 is 23.6 Å². The molecule has 132 valence electrons. The Balaban J connectivity index is 2.03. The summed E-state index contributed by atoms with van der Waals surface area (Å²) in [6.45, 7) is 1.21. The molecule has 26 heavy (non-hydrogen) atoms. The maximum atomic E-state index is 12.7. The van der Waals surface area contributed by atoms with Crippen LogP contribution in [-0.4, -0.2) is 19.0 Å². The van der Waals surface area contributed by atoms with Crippen LogP contribution in [-0.2, 0) is 9.63 Å². The van der Waals surface area contributed by atoms with Gasteiger partial charge in [-0.1, -0.05) is 24.3 Å². The Bertz CT molecular complexity index is 1040. The molecule has 0 bridgehead atoms. The molecule has 7 heteroatoms. The number of nitrogens with one attached hydrogen (secondary N) is 1. The lowest BCUT2D eigenvalue weighted by atomic mass is 10.1. The van der Waals surface area contributed by atoms with Gasteiger partial charge >= 0.3 is 5.97 Å². The summed E-state index contributed by atoms with van der Waals surface area (Å²) in [7, 11) is 1.54. The van der Waals surface area contributed by atoms with Crippen LogP contribution in [0.1, 0.15) is 17.3 Å². The van der Waals surface area contributed by atoms with Gasteiger partial charge in [0.25, 0.3) is 11.5 Å². The third-order valence-electron chi connectivity index (χ3n) is 3.49. The van der Waals surface area contributed by atoms with Crippen molar-refractivity contribution in [3.05, 3.63) is 65.7 Å². The number of hydrogen-bond acceptors (Lipinski definition) is 6. The highest BCUT2D eigenvalue weighted by molar-refractivity contribution is 6.05. The fourth-order valence-electron chi connectivity index (χ4n) is 2.30. The van der Waals surface area contributed by atoms with Crippen molar-refractivity contribution in [1.29, 1.82) is 0 Å². The van der Waals surface area contributed by atoms with Crippen molar-refractivity contribution in [2.45, 2.75) is 6.92 Å². The third kappa shape index (κ3) is 3.89. The molecular weight excluding hydrogens is 336 g/mol. The fraction of sp³-hybridized carbons (Fsp3) is 0.105. The number of carbonyl (C=O) groups is 2. The molecule has 0 fully saturated rings. The molecule has 1 heterocycles. The number of methoxy groups -OCH3 is 1. The molecule has 1 N–H and O–H groups in total. The second-order valence-electron chi connectivity index (χ2n) is 5.36. The summed E-state index contributed by atoms with van der Waals surface area (Å²) >= 11 is 0. The zero-order chi connectivity index (χ0) is 18.5. The van der Waals surface area contributed by atoms with Crippen LogP contribution in [0.3, 0.4) is 0 Å². The predicted octanol–water partition coefficient (Wildman–Crippen LogP) is 3.07. The van der Waals surface area contributed by atoms with Crippen molar-refractivity contribution >= 4 is 28.5 Å². The van der Waals surface area contributed by atoms with Gasteiger partial charge in [0.2, 0.25) is 0 Å². The summed E-state index contributed by atoms with van der Waals surface area (Å²) in [5.41, 5.74) is 1.09. The normalized spacial score (nSPS) is 11.2. The SMILES string of the molecule is COc1cccc(NC(=O)c2cc3ccccc3o/c2=N/OC(C)=O)c1. The zero-order valence-corrected chi connectivity index (χ0v) is 14.2. The van der Waals surface area contributed by atoms with E-state index >= 15 is 0 Å². The molecular formula is C19H16N2O5. The number of anilines is 1. The molecule has 3 aromatic rings. The third-order valence-corrected chi connectivity index (χ3v) is 3.49. The van der Waals surface area contributed by atoms with E-state index in [0.29, 0.717) is 22.4 Å². The van der Waals surface area contributed by atoms with E-state index in [1.165, 1.54) is 6.92 Å². The predicted molar refractivity (Wildman–Crippen MR) is 94.5 cm³/mol. The van der Waals surface area contributed by atoms with E-state index in [2.05, 4.69) is 15.3 Å². The highest BCUT2D eigenvalue weighted by Gasteiger charge is 2.14. The minimum atomic E-state index is -0.618. The van der Waals surface area contributed by atoms with E-state index in [1.807, 2.05) is 6.07 Å². The molecule has 0 aliphatic heterocycles. The molecule has 2 aromatic carbocycles. The standard InChI is InChI=1S/C19H16N2O5/c1-12(22)26-21-19-16(10-13-6-3-4-9-17(13)25-19)18(23)20-14-7-5-8-15(11-14)24-2/h3-11H,1-2H3,(H,20,23)/b21-19+. The van der Waals surface area contributed by atoms with Gasteiger partial charge in [0.05, 0.1) is 7.11 Å². The summed E-state index contributed by atoms with van der Waals surface area (Å²) < 4.78 is 10.8. The van der Waals surface area contributed by atoms with Gasteiger partial charge in [0.1, 0.15) is 16.9 Å². The van der Waals surface area contributed by atoms with Gasteiger partial charge < -0.3 is 19.3 Å². The number of carbonyl (C=O) groups excluding carboxylic acids is 2. The largest absolute Gasteiger partial charge is 0.497 e. The van der Waals surface area contributed by atoms with Crippen LogP contribution in [0, 0.1) is 0 Å². The summed E-state index contributed by atoms with van der Waals surface area (Å²) in [5.74, 6) is -0.470. The van der Waals surface area contributed by atoms with Gasteiger partial charge in [-0.25, -0.2) is 4.79 Å². The van der Waals surface area contributed by atoms with Crippen molar-refractivity contribution in [2.75, 3.05) is 12.4 Å². The average molecular weight is 352 g/mol. The fourth-order valence-corrected chi connectivity index (χ4v) is 2.30. The Morgan fingerprint density at radius 1 is 1.08 bits per heavy atom. The number of para-hydroxylation sites is 1. The number of fused-ring (bicyclic) bond motifs is 1. The van der Waals surface area contributed by atoms with Gasteiger partial charge in [-0.3, -0.25) is 4.79 Å². The van der Waals surface area contributed by atoms with Crippen molar-refractivity contribution in [2.24, 2.45) is 5.16 Å². The Kier molecular flexibility index (Phi) is 4.98. The minimum Gasteiger partial charge on any atom is -0.497 e. The molecule has 0 aliphatic rings. The molecule has 0 aliphatic carbocycles. The van der Waals surface area contributed by atoms with E-state index in [4.69, 9.17) is 9.15 Å². The first-order valence-corrected chi connectivity index (χ1v) is 7.77. The molecule has 0 unspecified atom stereocenters. The minimum absolute atomic E-state index is 0.0979. The quantitative estimate of drug-likeness (QED) is 0.576. The van der Waals surface area contributed by atoms with Gasteiger partial charge in [0.15, 0.2) is 0 Å². The summed E-state index contributed by atoms with van der Waals surface area (Å²) in [6.07, 6.45) is 0. The van der Waals surface area contributed by atoms with E-state index in [0.717, 1.165) is 0 Å². The second kappa shape index (κ2) is 7.52. The van der Waals surface area contributed by atoms with Gasteiger partial charge in [-0.15, -0.1) is 0 Å². The lowest BCUT2D eigenvalue weighted by molar-refractivity contribution is -0.141. The van der Waals surface area contributed by atoms with Crippen LogP contribution < -0.4 is 15.6 Å². The van der Waals surface area contributed by atoms with Crippen LogP contribution in [0.5, 0.6) is 5.75 Å².